The third kappa shape index (κ3) is 4.27. The van der Waals surface area contributed by atoms with Crippen LogP contribution in [0.15, 0.2) is 18.6 Å². The summed E-state index contributed by atoms with van der Waals surface area (Å²) in [4.78, 5) is 18.3. The molecule has 0 amide bonds. The number of rotatable bonds is 2. The van der Waals surface area contributed by atoms with Crippen LogP contribution < -0.4 is 0 Å². The van der Waals surface area contributed by atoms with Crippen LogP contribution >= 0.6 is 49.9 Å². The van der Waals surface area contributed by atoms with E-state index in [9.17, 15) is 4.79 Å². The van der Waals surface area contributed by atoms with Crippen LogP contribution in [0.3, 0.4) is 0 Å². The predicted octanol–water partition coefficient (Wildman–Crippen LogP) is 2.21. The number of carbonyl (C=O) groups excluding carboxylic acids is 1. The van der Waals surface area contributed by atoms with E-state index < -0.39 is 0 Å². The van der Waals surface area contributed by atoms with Gasteiger partial charge in [0.25, 0.3) is 0 Å². The minimum atomic E-state index is -0.0256. The van der Waals surface area contributed by atoms with Crippen molar-refractivity contribution in [2.24, 2.45) is 0 Å². The highest BCUT2D eigenvalue weighted by Gasteiger charge is 2.02. The maximum absolute atomic E-state index is 10.9. The Morgan fingerprint density at radius 3 is 2.58 bits per heavy atom. The van der Waals surface area contributed by atoms with E-state index in [0.717, 1.165) is 0 Å². The molecule has 0 aliphatic rings. The lowest BCUT2D eigenvalue weighted by molar-refractivity contribution is 0.101. The van der Waals surface area contributed by atoms with E-state index in [-0.39, 0.29) is 39.7 Å². The van der Waals surface area contributed by atoms with Crippen molar-refractivity contribution in [3.63, 3.8) is 0 Å². The summed E-state index contributed by atoms with van der Waals surface area (Å²) in [7, 11) is 0. The summed E-state index contributed by atoms with van der Waals surface area (Å²) in [6, 6.07) is 1.59. The van der Waals surface area contributed by atoms with E-state index in [1.54, 1.807) is 12.3 Å². The van der Waals surface area contributed by atoms with Gasteiger partial charge in [-0.25, -0.2) is 9.97 Å². The fraction of sp³-hybridized carbons (Fsp3) is 0.167. The van der Waals surface area contributed by atoms with Gasteiger partial charge >= 0.3 is 0 Å². The Morgan fingerprint density at radius 2 is 2.17 bits per heavy atom. The minimum Gasteiger partial charge on any atom is -0.291 e. The molecular formula is C6H7Br3N2O. The molecule has 0 saturated heterocycles. The molecule has 0 aromatic carbocycles. The van der Waals surface area contributed by atoms with E-state index in [0.29, 0.717) is 11.0 Å². The van der Waals surface area contributed by atoms with Gasteiger partial charge < -0.3 is 0 Å². The van der Waals surface area contributed by atoms with Gasteiger partial charge in [0, 0.05) is 6.20 Å². The lowest BCUT2D eigenvalue weighted by Crippen LogP contribution is -2.02. The number of aromatic nitrogens is 2. The summed E-state index contributed by atoms with van der Waals surface area (Å²) in [5, 5.41) is 0.310. The summed E-state index contributed by atoms with van der Waals surface area (Å²) in [5.41, 5.74) is 0.451. The van der Waals surface area contributed by atoms with Crippen molar-refractivity contribution in [1.29, 1.82) is 0 Å². The van der Waals surface area contributed by atoms with E-state index >= 15 is 0 Å². The number of carbonyl (C=O) groups is 1. The molecule has 1 rings (SSSR count). The monoisotopic (exact) mass is 360 g/mol. The Bertz CT molecular complexity index is 229. The quantitative estimate of drug-likeness (QED) is 0.598. The van der Waals surface area contributed by atoms with E-state index in [2.05, 4.69) is 25.9 Å². The first-order valence-electron chi connectivity index (χ1n) is 2.70. The van der Waals surface area contributed by atoms with Gasteiger partial charge in [-0.3, -0.25) is 4.79 Å². The molecule has 0 unspecified atom stereocenters. The minimum absolute atomic E-state index is 0. The summed E-state index contributed by atoms with van der Waals surface area (Å²) >= 11 is 3.04. The predicted molar refractivity (Wildman–Crippen MR) is 60.8 cm³/mol. The molecule has 0 spiro atoms. The number of alkyl halides is 1. The zero-order chi connectivity index (χ0) is 7.40. The van der Waals surface area contributed by atoms with Crippen molar-refractivity contribution in [2.75, 3.05) is 5.33 Å². The van der Waals surface area contributed by atoms with Gasteiger partial charge in [-0.2, -0.15) is 0 Å². The van der Waals surface area contributed by atoms with Crippen LogP contribution in [0.5, 0.6) is 0 Å². The van der Waals surface area contributed by atoms with E-state index in [1.807, 2.05) is 0 Å². The van der Waals surface area contributed by atoms with Crippen molar-refractivity contribution < 1.29 is 4.79 Å². The summed E-state index contributed by atoms with van der Waals surface area (Å²) < 4.78 is 0. The molecule has 0 bridgehead atoms. The Labute approximate surface area is 99.7 Å². The highest BCUT2D eigenvalue weighted by atomic mass is 79.9. The Kier molecular flexibility index (Phi) is 9.58. The molecule has 1 heterocycles. The van der Waals surface area contributed by atoms with Gasteiger partial charge in [0.1, 0.15) is 12.0 Å². The second-order valence-electron chi connectivity index (χ2n) is 1.65. The first kappa shape index (κ1) is 14.7. The van der Waals surface area contributed by atoms with Crippen molar-refractivity contribution in [2.45, 2.75) is 0 Å². The van der Waals surface area contributed by atoms with Crippen LogP contribution in [-0.2, 0) is 0 Å². The highest BCUT2D eigenvalue weighted by molar-refractivity contribution is 9.09. The average molecular weight is 363 g/mol. The van der Waals surface area contributed by atoms with Gasteiger partial charge in [0.2, 0.25) is 0 Å². The maximum atomic E-state index is 10.9. The van der Waals surface area contributed by atoms with Gasteiger partial charge in [-0.1, -0.05) is 15.9 Å². The van der Waals surface area contributed by atoms with Gasteiger partial charge in [-0.15, -0.1) is 34.0 Å². The highest BCUT2D eigenvalue weighted by Crippen LogP contribution is 1.95. The normalized spacial score (nSPS) is 7.75. The van der Waals surface area contributed by atoms with Crippen LogP contribution in [0.2, 0.25) is 0 Å². The molecule has 0 N–H and O–H groups in total. The molecule has 0 atom stereocenters. The molecule has 0 aliphatic carbocycles. The molecule has 0 radical (unpaired) electrons. The third-order valence-corrected chi connectivity index (χ3v) is 1.50. The number of hydrogen-bond donors (Lipinski definition) is 0. The van der Waals surface area contributed by atoms with Gasteiger partial charge in [-0.05, 0) is 6.07 Å². The average Bonchev–Trinajstić information content (AvgIpc) is 2.05. The molecule has 1 aromatic rings. The van der Waals surface area contributed by atoms with Crippen molar-refractivity contribution in [3.8, 4) is 0 Å². The number of nitrogens with zero attached hydrogens (tertiary/aromatic N) is 2. The maximum Gasteiger partial charge on any atom is 0.191 e. The Morgan fingerprint density at radius 1 is 1.50 bits per heavy atom. The molecule has 0 fully saturated rings. The Hall–Kier alpha value is 0.190. The zero-order valence-corrected chi connectivity index (χ0v) is 10.9. The molecule has 0 saturated carbocycles. The van der Waals surface area contributed by atoms with E-state index in [1.165, 1.54) is 6.33 Å². The molecule has 0 aliphatic heterocycles. The van der Waals surface area contributed by atoms with Crippen LogP contribution in [0.25, 0.3) is 0 Å². The number of ketones is 1. The van der Waals surface area contributed by atoms with Crippen LogP contribution in [0.1, 0.15) is 10.5 Å². The van der Waals surface area contributed by atoms with Crippen LogP contribution in [-0.4, -0.2) is 21.1 Å². The summed E-state index contributed by atoms with van der Waals surface area (Å²) in [6.07, 6.45) is 2.90. The van der Waals surface area contributed by atoms with Crippen LogP contribution in [0, 0.1) is 0 Å². The first-order chi connectivity index (χ1) is 4.84. The number of Topliss-reactive ketones (excluding diaryl/α,β-unsaturated/α-hetero) is 1. The number of halogens is 3. The smallest absolute Gasteiger partial charge is 0.191 e. The second-order valence-corrected chi connectivity index (χ2v) is 2.21. The fourth-order valence-electron chi connectivity index (χ4n) is 0.524. The lowest BCUT2D eigenvalue weighted by atomic mass is 10.3. The summed E-state index contributed by atoms with van der Waals surface area (Å²) in [5.74, 6) is -0.0256. The van der Waals surface area contributed by atoms with E-state index in [4.69, 9.17) is 0 Å². The van der Waals surface area contributed by atoms with Crippen molar-refractivity contribution in [1.82, 2.24) is 9.97 Å². The van der Waals surface area contributed by atoms with Crippen molar-refractivity contribution in [3.05, 3.63) is 24.3 Å². The molecule has 3 nitrogen and oxygen atoms in total. The van der Waals surface area contributed by atoms with Crippen molar-refractivity contribution >= 4 is 55.7 Å². The molecule has 68 valence electrons. The molecule has 6 heteroatoms. The largest absolute Gasteiger partial charge is 0.291 e. The summed E-state index contributed by atoms with van der Waals surface area (Å²) in [6.45, 7) is 0. The fourth-order valence-corrected chi connectivity index (χ4v) is 0.811. The van der Waals surface area contributed by atoms with Gasteiger partial charge in [0.15, 0.2) is 5.78 Å². The van der Waals surface area contributed by atoms with Gasteiger partial charge in [0.05, 0.1) is 5.33 Å². The second kappa shape index (κ2) is 7.82. The molecule has 1 aromatic heterocycles. The SMILES string of the molecule is Br.Br.O=C(CBr)c1ccncn1. The lowest BCUT2D eigenvalue weighted by Gasteiger charge is -1.91. The number of hydrogen-bond acceptors (Lipinski definition) is 3. The first-order valence-corrected chi connectivity index (χ1v) is 3.82. The zero-order valence-electron chi connectivity index (χ0n) is 5.94. The Balaban J connectivity index is 0. The standard InChI is InChI=1S/C6H5BrN2O.2BrH/c7-3-6(10)5-1-2-8-4-9-5;;/h1-2,4H,3H2;2*1H. The third-order valence-electron chi connectivity index (χ3n) is 0.989. The topological polar surface area (TPSA) is 42.9 Å². The molecular weight excluding hydrogens is 356 g/mol. The van der Waals surface area contributed by atoms with Crippen LogP contribution in [0.4, 0.5) is 0 Å². The molecule has 12 heavy (non-hydrogen) atoms.